The number of halogens is 5. The molecule has 4 atom stereocenters. The van der Waals surface area contributed by atoms with Crippen LogP contribution >= 0.6 is 12.4 Å². The quantitative estimate of drug-likeness (QED) is 0.212. The normalized spacial score (nSPS) is 26.4. The first-order valence-corrected chi connectivity index (χ1v) is 16.5. The van der Waals surface area contributed by atoms with E-state index in [4.69, 9.17) is 4.74 Å². The van der Waals surface area contributed by atoms with Crippen LogP contribution in [0.1, 0.15) is 90.6 Å². The van der Waals surface area contributed by atoms with Crippen molar-refractivity contribution >= 4 is 40.6 Å². The molecule has 4 bridgehead atoms. The lowest BCUT2D eigenvalue weighted by Crippen LogP contribution is -2.49. The van der Waals surface area contributed by atoms with Crippen LogP contribution in [-0.2, 0) is 4.74 Å². The zero-order chi connectivity index (χ0) is 33.4. The van der Waals surface area contributed by atoms with Crippen molar-refractivity contribution < 1.29 is 27.1 Å². The molecule has 14 heteroatoms. The molecular weight excluding hydrogens is 654 g/mol. The Balaban J connectivity index is 0.000000170. The summed E-state index contributed by atoms with van der Waals surface area (Å²) in [5, 5.41) is 0. The topological polar surface area (TPSA) is 105 Å². The third-order valence-electron chi connectivity index (χ3n) is 10.4. The number of benzene rings is 2. The van der Waals surface area contributed by atoms with Crippen molar-refractivity contribution in [3.05, 3.63) is 68.5 Å². The Morgan fingerprint density at radius 1 is 0.688 bits per heavy atom. The van der Waals surface area contributed by atoms with E-state index in [1.807, 2.05) is 20.8 Å². The number of nitrogens with one attached hydrogen (secondary N) is 2. The Morgan fingerprint density at radius 2 is 1.12 bits per heavy atom. The molecule has 4 fully saturated rings. The van der Waals surface area contributed by atoms with E-state index in [-0.39, 0.29) is 64.9 Å². The summed E-state index contributed by atoms with van der Waals surface area (Å²) < 4.78 is 64.0. The van der Waals surface area contributed by atoms with Crippen LogP contribution < -0.4 is 11.4 Å². The van der Waals surface area contributed by atoms with Gasteiger partial charge in [-0.15, -0.1) is 12.4 Å². The lowest BCUT2D eigenvalue weighted by Gasteiger charge is -2.39. The smallest absolute Gasteiger partial charge is 0.410 e. The third kappa shape index (κ3) is 6.03. The number of carbonyl (C=O) groups excluding carboxylic acids is 1. The van der Waals surface area contributed by atoms with Crippen LogP contribution in [0.5, 0.6) is 0 Å². The van der Waals surface area contributed by atoms with Gasteiger partial charge in [0.2, 0.25) is 0 Å². The van der Waals surface area contributed by atoms with E-state index in [1.165, 1.54) is 40.5 Å². The van der Waals surface area contributed by atoms with Gasteiger partial charge in [-0.1, -0.05) is 12.8 Å². The molecule has 2 aromatic heterocycles. The minimum atomic E-state index is -1.02. The number of fused-ring (bicyclic) bond motifs is 6. The molecule has 2 aliphatic carbocycles. The molecule has 4 aliphatic rings. The van der Waals surface area contributed by atoms with Crippen molar-refractivity contribution in [1.29, 1.82) is 0 Å². The van der Waals surface area contributed by atoms with Gasteiger partial charge >= 0.3 is 17.5 Å². The average molecular weight is 694 g/mol. The van der Waals surface area contributed by atoms with Crippen LogP contribution in [-0.4, -0.2) is 47.8 Å². The fourth-order valence-electron chi connectivity index (χ4n) is 8.66. The van der Waals surface area contributed by atoms with Crippen molar-refractivity contribution in [2.45, 2.75) is 108 Å². The van der Waals surface area contributed by atoms with E-state index < -0.39 is 34.6 Å². The highest BCUT2D eigenvalue weighted by molar-refractivity contribution is 5.85. The number of carbonyl (C=O) groups is 1. The molecule has 260 valence electrons. The summed E-state index contributed by atoms with van der Waals surface area (Å²) in [5.74, 6) is -2.56. The molecule has 0 radical (unpaired) electrons. The van der Waals surface area contributed by atoms with Crippen molar-refractivity contribution in [3.8, 4) is 0 Å². The number of nitrogens with zero attached hydrogens (tertiary/aromatic N) is 3. The number of aromatic amines is 2. The Labute approximate surface area is 280 Å². The molecule has 8 rings (SSSR count). The molecule has 4 unspecified atom stereocenters. The zero-order valence-corrected chi connectivity index (χ0v) is 27.8. The Bertz CT molecular complexity index is 1950. The Hall–Kier alpha value is -3.74. The lowest BCUT2D eigenvalue weighted by atomic mass is 9.85. The number of H-pyrrole nitrogens is 2. The van der Waals surface area contributed by atoms with Crippen LogP contribution in [0.4, 0.5) is 22.4 Å². The number of rotatable bonds is 2. The van der Waals surface area contributed by atoms with Gasteiger partial charge in [-0.3, -0.25) is 9.13 Å². The maximum Gasteiger partial charge on any atom is 0.410 e. The number of amides is 1. The number of ether oxygens (including phenoxy) is 1. The second kappa shape index (κ2) is 12.6. The van der Waals surface area contributed by atoms with E-state index >= 15 is 0 Å². The molecule has 2 saturated heterocycles. The number of aromatic nitrogens is 4. The summed E-state index contributed by atoms with van der Waals surface area (Å²) in [6, 6.07) is 4.43. The van der Waals surface area contributed by atoms with Gasteiger partial charge in [-0.25, -0.2) is 31.9 Å². The summed E-state index contributed by atoms with van der Waals surface area (Å²) >= 11 is 0. The summed E-state index contributed by atoms with van der Waals surface area (Å²) in [4.78, 5) is 44.2. The standard InChI is InChI=1S/C19H23F2N3O3.C15H16F2N2O.ClH/c1-19(2,3)27-18(26)23-10-4-5-11(23)9-12(8-10)24-16-14(22-17(24)25)7-6-13(20)15(16)21;16-11-3-4-12-14(13(11)17)19(15(20)18-12)10-6-8-1-2-9(5-8)7-10;/h6-7,10-12H,4-5,8-9H2,1-3H3,(H,22,25);3-4,8-10H,1-2,5-7H2,(H,18,20);1H. The maximum atomic E-state index is 14.4. The van der Waals surface area contributed by atoms with Gasteiger partial charge in [0.25, 0.3) is 0 Å². The second-order valence-electron chi connectivity index (χ2n) is 14.7. The van der Waals surface area contributed by atoms with Gasteiger partial charge in [-0.2, -0.15) is 0 Å². The first kappa shape index (κ1) is 34.1. The molecule has 9 nitrogen and oxygen atoms in total. The summed E-state index contributed by atoms with van der Waals surface area (Å²) in [5.41, 5.74) is -0.633. The highest BCUT2D eigenvalue weighted by Gasteiger charge is 2.46. The monoisotopic (exact) mass is 693 g/mol. The molecular formula is C34H40ClF4N5O4. The van der Waals surface area contributed by atoms with Crippen LogP contribution in [0.15, 0.2) is 33.9 Å². The summed E-state index contributed by atoms with van der Waals surface area (Å²) in [6.07, 6.45) is 7.74. The van der Waals surface area contributed by atoms with E-state index in [1.54, 1.807) is 4.90 Å². The Kier molecular flexibility index (Phi) is 8.97. The predicted molar refractivity (Wildman–Crippen MR) is 174 cm³/mol. The van der Waals surface area contributed by atoms with E-state index in [0.717, 1.165) is 37.8 Å². The van der Waals surface area contributed by atoms with Gasteiger partial charge in [0.1, 0.15) is 16.6 Å². The van der Waals surface area contributed by atoms with Crippen molar-refractivity contribution in [2.75, 3.05) is 0 Å². The van der Waals surface area contributed by atoms with Crippen molar-refractivity contribution in [2.24, 2.45) is 11.8 Å². The fraction of sp³-hybridized carbons (Fsp3) is 0.559. The second-order valence-corrected chi connectivity index (χ2v) is 14.7. The molecule has 2 aromatic carbocycles. The van der Waals surface area contributed by atoms with E-state index in [2.05, 4.69) is 9.97 Å². The lowest BCUT2D eigenvalue weighted by molar-refractivity contribution is 0.00298. The summed E-state index contributed by atoms with van der Waals surface area (Å²) in [6.45, 7) is 5.47. The minimum Gasteiger partial charge on any atom is -0.444 e. The molecule has 0 spiro atoms. The summed E-state index contributed by atoms with van der Waals surface area (Å²) in [7, 11) is 0. The first-order valence-electron chi connectivity index (χ1n) is 16.5. The number of hydrogen-bond donors (Lipinski definition) is 2. The fourth-order valence-corrected chi connectivity index (χ4v) is 8.66. The van der Waals surface area contributed by atoms with Gasteiger partial charge in [0, 0.05) is 24.2 Å². The molecule has 4 aromatic rings. The molecule has 2 N–H and O–H groups in total. The van der Waals surface area contributed by atoms with Crippen molar-refractivity contribution in [3.63, 3.8) is 0 Å². The predicted octanol–water partition coefficient (Wildman–Crippen LogP) is 7.49. The van der Waals surface area contributed by atoms with Crippen LogP contribution in [0.2, 0.25) is 0 Å². The van der Waals surface area contributed by atoms with Crippen LogP contribution in [0, 0.1) is 35.1 Å². The Morgan fingerprint density at radius 3 is 1.56 bits per heavy atom. The number of piperidine rings is 1. The highest BCUT2D eigenvalue weighted by atomic mass is 35.5. The largest absolute Gasteiger partial charge is 0.444 e. The average Bonchev–Trinajstić information content (AvgIpc) is 3.72. The molecule has 1 amide bonds. The first-order chi connectivity index (χ1) is 22.3. The van der Waals surface area contributed by atoms with E-state index in [9.17, 15) is 31.9 Å². The molecule has 48 heavy (non-hydrogen) atoms. The molecule has 4 heterocycles. The third-order valence-corrected chi connectivity index (χ3v) is 10.4. The van der Waals surface area contributed by atoms with Crippen LogP contribution in [0.3, 0.4) is 0 Å². The SMILES string of the molecule is CC(C)(C)OC(=O)N1C2CCC1CC(n1c(=O)[nH]c3ccc(F)c(F)c31)C2.Cl.O=c1[nH]c2ccc(F)c(F)c2n1C1CC2CCC(C2)C1. The molecule has 2 aliphatic heterocycles. The van der Waals surface area contributed by atoms with Gasteiger partial charge < -0.3 is 19.6 Å². The highest BCUT2D eigenvalue weighted by Crippen LogP contribution is 2.47. The zero-order valence-electron chi connectivity index (χ0n) is 27.0. The number of imidazole rings is 2. The van der Waals surface area contributed by atoms with Gasteiger partial charge in [0.05, 0.1) is 11.0 Å². The minimum absolute atomic E-state index is 0. The van der Waals surface area contributed by atoms with Gasteiger partial charge in [0.15, 0.2) is 23.3 Å². The number of hydrogen-bond acceptors (Lipinski definition) is 4. The van der Waals surface area contributed by atoms with Crippen LogP contribution in [0.25, 0.3) is 22.1 Å². The van der Waals surface area contributed by atoms with Crippen molar-refractivity contribution in [1.82, 2.24) is 24.0 Å². The van der Waals surface area contributed by atoms with Gasteiger partial charge in [-0.05, 0) is 102 Å². The van der Waals surface area contributed by atoms with E-state index in [0.29, 0.717) is 30.2 Å². The molecule has 2 saturated carbocycles. The maximum absolute atomic E-state index is 14.4.